The second kappa shape index (κ2) is 55.8. The number of carboxylic acids is 3. The Balaban J connectivity index is 3.29. The van der Waals surface area contributed by atoms with Gasteiger partial charge in [0.15, 0.2) is 0 Å². The van der Waals surface area contributed by atoms with Crippen LogP contribution in [-0.2, 0) is 117 Å². The highest BCUT2D eigenvalue weighted by Gasteiger charge is 2.39. The molecule has 0 unspecified atom stereocenters. The highest BCUT2D eigenvalue weighted by molar-refractivity contribution is 6.01. The highest BCUT2D eigenvalue weighted by atomic mass is 16.4. The summed E-state index contributed by atoms with van der Waals surface area (Å²) in [6.07, 6.45) is -7.01. The van der Waals surface area contributed by atoms with Crippen LogP contribution in [0, 0.1) is 23.7 Å². The first-order chi connectivity index (χ1) is 57.9. The zero-order valence-corrected chi connectivity index (χ0v) is 70.7. The maximum absolute atomic E-state index is 14.3. The zero-order chi connectivity index (χ0) is 94.5. The second-order valence-electron chi connectivity index (χ2n) is 30.0. The predicted molar refractivity (Wildman–Crippen MR) is 432 cm³/mol. The largest absolute Gasteiger partial charge is 0.481 e. The van der Waals surface area contributed by atoms with Crippen molar-refractivity contribution in [1.82, 2.24) is 95.7 Å². The first-order valence-electron chi connectivity index (χ1n) is 39.5. The number of nitrogens with one attached hydrogen (secondary N) is 18. The number of rotatable bonds is 58. The molecule has 0 aliphatic rings. The summed E-state index contributed by atoms with van der Waals surface area (Å²) >= 11 is 0. The van der Waals surface area contributed by atoms with E-state index in [1.54, 1.807) is 45.9 Å². The normalized spacial score (nSPS) is 14.6. The number of carbonyl (C=O) groups is 23. The topological polar surface area (TPSA) is 788 Å². The van der Waals surface area contributed by atoms with Crippen molar-refractivity contribution in [3.63, 3.8) is 0 Å². The van der Waals surface area contributed by atoms with Gasteiger partial charge < -0.3 is 138 Å². The van der Waals surface area contributed by atoms with Crippen molar-refractivity contribution in [2.75, 3.05) is 45.9 Å². The second-order valence-corrected chi connectivity index (χ2v) is 30.0. The van der Waals surface area contributed by atoms with Gasteiger partial charge >= 0.3 is 17.9 Å². The minimum absolute atomic E-state index is 0.00699. The van der Waals surface area contributed by atoms with Crippen LogP contribution in [0.3, 0.4) is 0 Å². The monoisotopic (exact) mass is 1760 g/mol. The molecule has 49 heteroatoms. The van der Waals surface area contributed by atoms with Gasteiger partial charge in [-0.3, -0.25) is 110 Å². The fourth-order valence-electron chi connectivity index (χ4n) is 11.0. The van der Waals surface area contributed by atoms with E-state index in [0.717, 1.165) is 6.92 Å². The van der Waals surface area contributed by atoms with Crippen molar-refractivity contribution in [2.24, 2.45) is 40.9 Å². The minimum atomic E-state index is -1.93. The fraction of sp³-hybridized carbons (Fsp3) is 0.613. The number of hydrogen-bond donors (Lipinski definition) is 26. The van der Waals surface area contributed by atoms with Crippen molar-refractivity contribution >= 4 is 136 Å². The maximum Gasteiger partial charge on any atom is 0.305 e. The molecule has 124 heavy (non-hydrogen) atoms. The standard InChI is InChI=1S/C75H119N21O28/c1-12-37(8)61(72(121)83-29-52(102)80-28-51(101)79-27-50(78)100)95-70(119)45(24-34(2)3)87-54(104)31-84-73(122)62(40(11)98)96-71(120)48(33-97)92-74(123)60(36(6)7)94-75(124)59(35(4)5)93-55(105)32-81-64(113)39(10)85-69(118)46(25-41-16-14-13-15-17-41)91-68(117)44(20-23-57(108)109)89-67(116)43(19-22-56(106)107)88-66(115)42(18-21-49(77)99)86-53(103)30-82-65(114)47(26-58(110)111)90-63(112)38(9)76/h13-17,34-40,42-48,59-62,97-98H,12,18-33,76H2,1-11H3,(H2,77,99)(H2,78,100)(H,79,101)(H,80,102)(H,81,113)(H,82,114)(H,83,121)(H,84,122)(H,85,118)(H,86,103)(H,87,104)(H,88,115)(H,89,116)(H,90,112)(H,91,117)(H,92,123)(H,93,105)(H,94,124)(H,95,119)(H,96,120)(H,106,107)(H,108,109)(H,110,111)/t37-,38+,39-,40+,42-,43-,44-,45-,46-,47-,48-,59-,60-,61-,62-/m0/s1. The fourth-order valence-corrected chi connectivity index (χ4v) is 11.0. The summed E-state index contributed by atoms with van der Waals surface area (Å²) in [6.45, 7) is 10.8. The van der Waals surface area contributed by atoms with Crippen LogP contribution in [0.1, 0.15) is 140 Å². The van der Waals surface area contributed by atoms with Gasteiger partial charge in [-0.05, 0) is 75.7 Å². The van der Waals surface area contributed by atoms with Gasteiger partial charge in [-0.1, -0.05) is 92.1 Å². The number of hydrogen-bond acceptors (Lipinski definition) is 26. The highest BCUT2D eigenvalue weighted by Crippen LogP contribution is 2.14. The predicted octanol–water partition coefficient (Wildman–Crippen LogP) is -11.2. The lowest BCUT2D eigenvalue weighted by Crippen LogP contribution is -2.62. The number of carboxylic acid groups (broad SMARTS) is 3. The van der Waals surface area contributed by atoms with E-state index in [0.29, 0.717) is 12.0 Å². The third-order valence-corrected chi connectivity index (χ3v) is 18.1. The summed E-state index contributed by atoms with van der Waals surface area (Å²) < 4.78 is 0. The third kappa shape index (κ3) is 42.9. The van der Waals surface area contributed by atoms with E-state index in [2.05, 4.69) is 95.7 Å². The lowest BCUT2D eigenvalue weighted by atomic mass is 9.96. The third-order valence-electron chi connectivity index (χ3n) is 18.1. The van der Waals surface area contributed by atoms with Gasteiger partial charge in [0.2, 0.25) is 118 Å². The van der Waals surface area contributed by atoms with Crippen LogP contribution >= 0.6 is 0 Å². The van der Waals surface area contributed by atoms with Crippen LogP contribution in [0.15, 0.2) is 30.3 Å². The molecule has 0 aliphatic carbocycles. The van der Waals surface area contributed by atoms with Crippen molar-refractivity contribution in [3.05, 3.63) is 35.9 Å². The van der Waals surface area contributed by atoms with E-state index in [1.165, 1.54) is 53.7 Å². The summed E-state index contributed by atoms with van der Waals surface area (Å²) in [5.41, 5.74) is 16.2. The number of aliphatic hydroxyl groups is 2. The van der Waals surface area contributed by atoms with Crippen molar-refractivity contribution in [2.45, 2.75) is 225 Å². The molecule has 20 amide bonds. The summed E-state index contributed by atoms with van der Waals surface area (Å²) in [7, 11) is 0. The van der Waals surface area contributed by atoms with Crippen molar-refractivity contribution in [1.29, 1.82) is 0 Å². The molecule has 29 N–H and O–H groups in total. The summed E-state index contributed by atoms with van der Waals surface area (Å²) in [4.78, 5) is 299. The van der Waals surface area contributed by atoms with Gasteiger partial charge in [0.05, 0.1) is 64.4 Å². The van der Waals surface area contributed by atoms with Gasteiger partial charge in [-0.15, -0.1) is 0 Å². The van der Waals surface area contributed by atoms with Gasteiger partial charge in [-0.25, -0.2) is 0 Å². The molecule has 0 radical (unpaired) electrons. The van der Waals surface area contributed by atoms with E-state index in [4.69, 9.17) is 17.2 Å². The number of carbonyl (C=O) groups excluding carboxylic acids is 20. The maximum atomic E-state index is 14.3. The minimum Gasteiger partial charge on any atom is -0.481 e. The van der Waals surface area contributed by atoms with E-state index < -0.39 is 329 Å². The Hall–Kier alpha value is -13.1. The lowest BCUT2D eigenvalue weighted by Gasteiger charge is -2.29. The first-order valence-corrected chi connectivity index (χ1v) is 39.5. The molecule has 49 nitrogen and oxygen atoms in total. The Labute approximate surface area is 712 Å². The molecule has 15 atom stereocenters. The summed E-state index contributed by atoms with van der Waals surface area (Å²) in [6, 6.07) is -13.2. The van der Waals surface area contributed by atoms with Crippen LogP contribution in [-0.4, -0.2) is 292 Å². The molecule has 0 bridgehead atoms. The first kappa shape index (κ1) is 109. The molecule has 1 rings (SSSR count). The average molecular weight is 1760 g/mol. The molecular formula is C75H119N21O28. The summed E-state index contributed by atoms with van der Waals surface area (Å²) in [5.74, 6) is -27.5. The molecular weight excluding hydrogens is 1640 g/mol. The zero-order valence-electron chi connectivity index (χ0n) is 70.7. The van der Waals surface area contributed by atoms with Gasteiger partial charge in [0.25, 0.3) is 0 Å². The number of amides is 20. The van der Waals surface area contributed by atoms with E-state index in [1.807, 2.05) is 0 Å². The van der Waals surface area contributed by atoms with Gasteiger partial charge in [0, 0.05) is 25.7 Å². The molecule has 0 aromatic heterocycles. The molecule has 1 aromatic rings. The molecule has 692 valence electrons. The van der Waals surface area contributed by atoms with Crippen molar-refractivity contribution in [3.8, 4) is 0 Å². The van der Waals surface area contributed by atoms with Crippen LogP contribution in [0.4, 0.5) is 0 Å². The van der Waals surface area contributed by atoms with Crippen LogP contribution < -0.4 is 113 Å². The quantitative estimate of drug-likeness (QED) is 0.0288. The molecule has 0 saturated carbocycles. The van der Waals surface area contributed by atoms with E-state index in [9.17, 15) is 136 Å². The Morgan fingerprint density at radius 2 is 0.726 bits per heavy atom. The molecule has 0 aliphatic heterocycles. The number of aliphatic hydroxyl groups excluding tert-OH is 2. The van der Waals surface area contributed by atoms with Gasteiger partial charge in [-0.2, -0.15) is 0 Å². The van der Waals surface area contributed by atoms with E-state index >= 15 is 0 Å². The molecule has 0 fully saturated rings. The molecule has 1 aromatic carbocycles. The van der Waals surface area contributed by atoms with Gasteiger partial charge in [0.1, 0.15) is 72.5 Å². The number of aliphatic carboxylic acids is 3. The SMILES string of the molecule is CC[C@H](C)[C@H](NC(=O)[C@H](CC(C)C)NC(=O)CNC(=O)[C@@H](NC(=O)[C@H](CO)NC(=O)[C@@H](NC(=O)[C@@H](NC(=O)CNC(=O)[C@H](C)NC(=O)[C@H](Cc1ccccc1)NC(=O)[C@H](CCC(=O)O)NC(=O)[C@H](CCC(=O)O)NC(=O)[C@H](CCC(N)=O)NC(=O)CNC(=O)[C@H](CC(=O)O)NC(=O)[C@@H](C)N)C(C)C)C(C)C)[C@@H](C)O)C(=O)NCC(=O)NCC(=O)NCC(N)=O. The smallest absolute Gasteiger partial charge is 0.305 e. The van der Waals surface area contributed by atoms with Crippen LogP contribution in [0.5, 0.6) is 0 Å². The Morgan fingerprint density at radius 1 is 0.347 bits per heavy atom. The number of benzene rings is 1. The number of primary amides is 2. The average Bonchev–Trinajstić information content (AvgIpc) is 0.873. The van der Waals surface area contributed by atoms with Crippen molar-refractivity contribution < 1.29 is 136 Å². The van der Waals surface area contributed by atoms with Crippen LogP contribution in [0.25, 0.3) is 0 Å². The molecule has 0 heterocycles. The molecule has 0 spiro atoms. The van der Waals surface area contributed by atoms with Crippen LogP contribution in [0.2, 0.25) is 0 Å². The van der Waals surface area contributed by atoms with E-state index in [-0.39, 0.29) is 18.8 Å². The Morgan fingerprint density at radius 3 is 1.19 bits per heavy atom. The molecule has 0 saturated heterocycles. The number of nitrogens with two attached hydrogens (primary N) is 3. The summed E-state index contributed by atoms with van der Waals surface area (Å²) in [5, 5.41) is 90.9. The lowest BCUT2D eigenvalue weighted by molar-refractivity contribution is -0.141. The Bertz CT molecular complexity index is 3940. The Kier molecular flexibility index (Phi) is 49.0.